The molecule has 1 heterocycles. The fourth-order valence-electron chi connectivity index (χ4n) is 4.06. The molecule has 1 aromatic heterocycles. The van der Waals surface area contributed by atoms with Gasteiger partial charge in [0.15, 0.2) is 5.69 Å². The van der Waals surface area contributed by atoms with Crippen molar-refractivity contribution in [1.29, 1.82) is 0 Å². The first kappa shape index (κ1) is 19.4. The van der Waals surface area contributed by atoms with Crippen LogP contribution in [0.3, 0.4) is 0 Å². The first-order valence-electron chi connectivity index (χ1n) is 10.4. The second kappa shape index (κ2) is 7.15. The van der Waals surface area contributed by atoms with Crippen LogP contribution in [0.5, 0.6) is 0 Å². The van der Waals surface area contributed by atoms with Gasteiger partial charge in [0.25, 0.3) is 0 Å². The van der Waals surface area contributed by atoms with Gasteiger partial charge in [-0.1, -0.05) is 69.3 Å². The Morgan fingerprint density at radius 2 is 1.45 bits per heavy atom. The number of pyridine rings is 1. The summed E-state index contributed by atoms with van der Waals surface area (Å²) in [6.07, 6.45) is 0. The predicted molar refractivity (Wildman–Crippen MR) is 124 cm³/mol. The molecule has 3 aromatic carbocycles. The molecule has 0 atom stereocenters. The number of aromatic nitrogens is 1. The maximum absolute atomic E-state index is 2.38. The van der Waals surface area contributed by atoms with Crippen molar-refractivity contribution in [2.45, 2.75) is 40.0 Å². The van der Waals surface area contributed by atoms with Gasteiger partial charge in [-0.2, -0.15) is 4.57 Å². The van der Waals surface area contributed by atoms with Gasteiger partial charge in [0.05, 0.1) is 10.9 Å². The molecule has 0 bridgehead atoms. The Balaban J connectivity index is 1.99. The lowest BCUT2D eigenvalue weighted by Crippen LogP contribution is -2.35. The van der Waals surface area contributed by atoms with Gasteiger partial charge in [0, 0.05) is 13.0 Å². The Bertz CT molecular complexity index is 1190. The van der Waals surface area contributed by atoms with E-state index in [-0.39, 0.29) is 5.41 Å². The van der Waals surface area contributed by atoms with Crippen LogP contribution < -0.4 is 4.57 Å². The van der Waals surface area contributed by atoms with Crippen LogP contribution in [0.25, 0.3) is 33.2 Å². The molecular formula is C28H30N+. The van der Waals surface area contributed by atoms with E-state index in [0.717, 1.165) is 0 Å². The number of fused-ring (bicyclic) bond motifs is 1. The van der Waals surface area contributed by atoms with E-state index < -0.39 is 0 Å². The third-order valence-corrected chi connectivity index (χ3v) is 6.00. The van der Waals surface area contributed by atoms with Gasteiger partial charge < -0.3 is 0 Å². The molecule has 0 amide bonds. The molecule has 0 saturated heterocycles. The zero-order valence-electron chi connectivity index (χ0n) is 18.4. The maximum atomic E-state index is 2.38. The van der Waals surface area contributed by atoms with E-state index in [1.165, 1.54) is 50.0 Å². The highest BCUT2D eigenvalue weighted by Crippen LogP contribution is 2.34. The van der Waals surface area contributed by atoms with E-state index in [1.807, 2.05) is 0 Å². The summed E-state index contributed by atoms with van der Waals surface area (Å²) in [7, 11) is 2.18. The molecule has 0 aliphatic heterocycles. The Morgan fingerprint density at radius 1 is 0.724 bits per heavy atom. The standard InChI is InChI=1S/C28H30N/c1-19-12-14-24(28(3,4)5)18-26(19)27-25-15-13-22(21-10-8-7-9-11-21)17-23(25)16-20(2)29(27)6/h7-18H,1-6H3/q+1. The Morgan fingerprint density at radius 3 is 2.14 bits per heavy atom. The number of nitrogens with zero attached hydrogens (tertiary/aromatic N) is 1. The molecule has 4 rings (SSSR count). The largest absolute Gasteiger partial charge is 0.220 e. The average molecular weight is 381 g/mol. The van der Waals surface area contributed by atoms with Crippen molar-refractivity contribution in [3.05, 3.63) is 89.6 Å². The molecule has 0 saturated carbocycles. The quantitative estimate of drug-likeness (QED) is 0.333. The number of benzene rings is 3. The van der Waals surface area contributed by atoms with Gasteiger partial charge in [-0.25, -0.2) is 0 Å². The number of rotatable bonds is 2. The third-order valence-electron chi connectivity index (χ3n) is 6.00. The van der Waals surface area contributed by atoms with Gasteiger partial charge in [-0.15, -0.1) is 0 Å². The molecule has 0 N–H and O–H groups in total. The van der Waals surface area contributed by atoms with Crippen LogP contribution in [0.1, 0.15) is 37.6 Å². The summed E-state index contributed by atoms with van der Waals surface area (Å²) >= 11 is 0. The van der Waals surface area contributed by atoms with E-state index in [0.29, 0.717) is 0 Å². The lowest BCUT2D eigenvalue weighted by Gasteiger charge is -2.21. The monoisotopic (exact) mass is 380 g/mol. The van der Waals surface area contributed by atoms with Gasteiger partial charge in [-0.05, 0) is 58.2 Å². The Kier molecular flexibility index (Phi) is 4.78. The molecule has 0 radical (unpaired) electrons. The van der Waals surface area contributed by atoms with Gasteiger partial charge in [0.1, 0.15) is 7.05 Å². The molecule has 1 nitrogen and oxygen atoms in total. The third kappa shape index (κ3) is 3.58. The maximum Gasteiger partial charge on any atom is 0.220 e. The van der Waals surface area contributed by atoms with Gasteiger partial charge >= 0.3 is 0 Å². The molecule has 0 unspecified atom stereocenters. The average Bonchev–Trinajstić information content (AvgIpc) is 2.69. The van der Waals surface area contributed by atoms with Crippen LogP contribution in [0.4, 0.5) is 0 Å². The van der Waals surface area contributed by atoms with E-state index in [1.54, 1.807) is 0 Å². The SMILES string of the molecule is Cc1ccc(C(C)(C)C)cc1-c1c2ccc(-c3ccccc3)cc2cc(C)[n+]1C. The molecule has 0 aliphatic carbocycles. The normalized spacial score (nSPS) is 11.8. The molecule has 0 aliphatic rings. The van der Waals surface area contributed by atoms with Gasteiger partial charge in [0.2, 0.25) is 5.69 Å². The van der Waals surface area contributed by atoms with E-state index in [9.17, 15) is 0 Å². The first-order chi connectivity index (χ1) is 13.8. The summed E-state index contributed by atoms with van der Waals surface area (Å²) in [5.74, 6) is 0. The topological polar surface area (TPSA) is 3.88 Å². The van der Waals surface area contributed by atoms with E-state index in [2.05, 4.69) is 119 Å². The van der Waals surface area contributed by atoms with Crippen molar-refractivity contribution < 1.29 is 4.57 Å². The second-order valence-corrected chi connectivity index (χ2v) is 9.14. The summed E-state index contributed by atoms with van der Waals surface area (Å²) in [5.41, 5.74) is 9.20. The van der Waals surface area contributed by atoms with Crippen LogP contribution >= 0.6 is 0 Å². The lowest BCUT2D eigenvalue weighted by molar-refractivity contribution is -0.665. The predicted octanol–water partition coefficient (Wildman–Crippen LogP) is 6.91. The van der Waals surface area contributed by atoms with Crippen LogP contribution in [0.2, 0.25) is 0 Å². The fraction of sp³-hybridized carbons (Fsp3) is 0.250. The second-order valence-electron chi connectivity index (χ2n) is 9.14. The highest BCUT2D eigenvalue weighted by Gasteiger charge is 2.22. The lowest BCUT2D eigenvalue weighted by atomic mass is 9.84. The Hall–Kier alpha value is -2.93. The molecule has 4 aromatic rings. The molecule has 29 heavy (non-hydrogen) atoms. The minimum Gasteiger partial charge on any atom is -0.198 e. The zero-order chi connectivity index (χ0) is 20.8. The van der Waals surface area contributed by atoms with Crippen molar-refractivity contribution in [2.24, 2.45) is 7.05 Å². The minimum atomic E-state index is 0.126. The fourth-order valence-corrected chi connectivity index (χ4v) is 4.06. The molecule has 0 fully saturated rings. The summed E-state index contributed by atoms with van der Waals surface area (Å²) in [6, 6.07) is 26.7. The highest BCUT2D eigenvalue weighted by molar-refractivity contribution is 5.96. The minimum absolute atomic E-state index is 0.126. The summed E-state index contributed by atoms with van der Waals surface area (Å²) < 4.78 is 2.33. The van der Waals surface area contributed by atoms with Crippen LogP contribution in [0.15, 0.2) is 72.8 Å². The molecule has 1 heteroatoms. The smallest absolute Gasteiger partial charge is 0.198 e. The summed E-state index contributed by atoms with van der Waals surface area (Å²) in [6.45, 7) is 11.3. The van der Waals surface area contributed by atoms with Gasteiger partial charge in [-0.3, -0.25) is 0 Å². The number of hydrogen-bond acceptors (Lipinski definition) is 0. The van der Waals surface area contributed by atoms with Crippen LogP contribution in [-0.4, -0.2) is 0 Å². The first-order valence-corrected chi connectivity index (χ1v) is 10.4. The van der Waals surface area contributed by atoms with E-state index in [4.69, 9.17) is 0 Å². The number of hydrogen-bond donors (Lipinski definition) is 0. The zero-order valence-corrected chi connectivity index (χ0v) is 18.4. The van der Waals surface area contributed by atoms with Crippen LogP contribution in [0, 0.1) is 13.8 Å². The van der Waals surface area contributed by atoms with Crippen molar-refractivity contribution in [3.8, 4) is 22.4 Å². The Labute approximate surface area is 174 Å². The molecular weight excluding hydrogens is 350 g/mol. The van der Waals surface area contributed by atoms with E-state index >= 15 is 0 Å². The summed E-state index contributed by atoms with van der Waals surface area (Å²) in [5, 5.41) is 2.59. The molecule has 0 spiro atoms. The van der Waals surface area contributed by atoms with Crippen molar-refractivity contribution in [3.63, 3.8) is 0 Å². The van der Waals surface area contributed by atoms with Crippen LogP contribution in [-0.2, 0) is 12.5 Å². The molecule has 146 valence electrons. The van der Waals surface area contributed by atoms with Crippen molar-refractivity contribution in [1.82, 2.24) is 0 Å². The van der Waals surface area contributed by atoms with Crippen molar-refractivity contribution >= 4 is 10.8 Å². The number of aryl methyl sites for hydroxylation is 2. The van der Waals surface area contributed by atoms with Crippen molar-refractivity contribution in [2.75, 3.05) is 0 Å². The summed E-state index contributed by atoms with van der Waals surface area (Å²) in [4.78, 5) is 0. The highest BCUT2D eigenvalue weighted by atomic mass is 14.9.